The van der Waals surface area contributed by atoms with Gasteiger partial charge in [-0.2, -0.15) is 8.78 Å². The van der Waals surface area contributed by atoms with Gasteiger partial charge in [0.2, 0.25) is 0 Å². The number of halogens is 6. The third-order valence-corrected chi connectivity index (χ3v) is 4.23. The fourth-order valence-electron chi connectivity index (χ4n) is 1.59. The van der Waals surface area contributed by atoms with Gasteiger partial charge in [0.05, 0.1) is 20.8 Å². The number of alkyl halides is 2. The van der Waals surface area contributed by atoms with E-state index < -0.39 is 12.5 Å². The van der Waals surface area contributed by atoms with Crippen molar-refractivity contribution in [1.29, 1.82) is 0 Å². The molecule has 4 nitrogen and oxygen atoms in total. The second-order valence-corrected chi connectivity index (χ2v) is 5.51. The molecule has 0 radical (unpaired) electrons. The summed E-state index contributed by atoms with van der Waals surface area (Å²) in [7, 11) is 0. The first-order valence-electron chi connectivity index (χ1n) is 5.86. The molecule has 0 saturated heterocycles. The molecule has 0 bridgehead atoms. The van der Waals surface area contributed by atoms with E-state index in [0.29, 0.717) is 0 Å². The van der Waals surface area contributed by atoms with E-state index in [0.717, 1.165) is 0 Å². The molecule has 0 aliphatic heterocycles. The lowest BCUT2D eigenvalue weighted by Gasteiger charge is -2.12. The molecule has 10 heteroatoms. The summed E-state index contributed by atoms with van der Waals surface area (Å²) in [4.78, 5) is 16.0. The van der Waals surface area contributed by atoms with E-state index in [9.17, 15) is 13.6 Å². The van der Waals surface area contributed by atoms with Gasteiger partial charge in [0.25, 0.3) is 5.91 Å². The molecule has 2 rings (SSSR count). The maximum atomic E-state index is 12.4. The lowest BCUT2D eigenvalue weighted by atomic mass is 10.2. The predicted molar refractivity (Wildman–Crippen MR) is 85.3 cm³/mol. The highest BCUT2D eigenvalue weighted by Gasteiger charge is 2.21. The minimum atomic E-state index is -3.05. The quantitative estimate of drug-likeness (QED) is 0.683. The summed E-state index contributed by atoms with van der Waals surface area (Å²) in [6.07, 6.45) is 0. The van der Waals surface area contributed by atoms with Crippen molar-refractivity contribution < 1.29 is 18.3 Å². The van der Waals surface area contributed by atoms with Crippen LogP contribution >= 0.6 is 46.4 Å². The van der Waals surface area contributed by atoms with Crippen LogP contribution < -0.4 is 10.1 Å². The standard InChI is InChI=1S/C13H6Cl4F2N2O2/c14-7-8(15)10(21-11(17)9(7)16)12(22)20-5-3-1-2-4-6(5)23-13(18)19/h1-4,13H,(H,20,22). The third-order valence-electron chi connectivity index (χ3n) is 2.55. The molecule has 0 unspecified atom stereocenters. The molecule has 122 valence electrons. The van der Waals surface area contributed by atoms with E-state index in [4.69, 9.17) is 46.4 Å². The van der Waals surface area contributed by atoms with Crippen LogP contribution in [0.2, 0.25) is 20.2 Å². The van der Waals surface area contributed by atoms with Gasteiger partial charge >= 0.3 is 6.61 Å². The molecule has 0 spiro atoms. The molecule has 0 aliphatic rings. The van der Waals surface area contributed by atoms with E-state index >= 15 is 0 Å². The number of nitrogens with zero attached hydrogens (tertiary/aromatic N) is 1. The third kappa shape index (κ3) is 4.14. The molecule has 1 heterocycles. The van der Waals surface area contributed by atoms with Crippen molar-refractivity contribution in [2.75, 3.05) is 5.32 Å². The zero-order valence-electron chi connectivity index (χ0n) is 10.9. The number of hydrogen-bond acceptors (Lipinski definition) is 3. The van der Waals surface area contributed by atoms with E-state index in [1.54, 1.807) is 0 Å². The largest absolute Gasteiger partial charge is 0.433 e. The van der Waals surface area contributed by atoms with E-state index in [1.165, 1.54) is 24.3 Å². The van der Waals surface area contributed by atoms with Crippen LogP contribution in [-0.2, 0) is 0 Å². The van der Waals surface area contributed by atoms with Crippen LogP contribution in [0.4, 0.5) is 14.5 Å². The van der Waals surface area contributed by atoms with Crippen LogP contribution in [0.25, 0.3) is 0 Å². The first kappa shape index (κ1) is 18.0. The molecular weight excluding hydrogens is 396 g/mol. The maximum absolute atomic E-state index is 12.4. The van der Waals surface area contributed by atoms with Crippen LogP contribution in [0, 0.1) is 0 Å². The maximum Gasteiger partial charge on any atom is 0.387 e. The summed E-state index contributed by atoms with van der Waals surface area (Å²) in [5.74, 6) is -1.04. The highest BCUT2D eigenvalue weighted by atomic mass is 35.5. The highest BCUT2D eigenvalue weighted by Crippen LogP contribution is 2.36. The minimum absolute atomic E-state index is 0.00198. The summed E-state index contributed by atoms with van der Waals surface area (Å²) in [6.45, 7) is -3.05. The Hall–Kier alpha value is -1.34. The van der Waals surface area contributed by atoms with Gasteiger partial charge in [-0.15, -0.1) is 0 Å². The predicted octanol–water partition coefficient (Wildman–Crippen LogP) is 5.55. The molecule has 1 aromatic heterocycles. The average Bonchev–Trinajstić information content (AvgIpc) is 2.50. The Kier molecular flexibility index (Phi) is 5.86. The van der Waals surface area contributed by atoms with Gasteiger partial charge in [-0.1, -0.05) is 58.5 Å². The van der Waals surface area contributed by atoms with Gasteiger partial charge in [-0.25, -0.2) is 4.98 Å². The molecule has 23 heavy (non-hydrogen) atoms. The number of rotatable bonds is 4. The summed E-state index contributed by atoms with van der Waals surface area (Å²) in [5.41, 5.74) is -0.309. The Labute approximate surface area is 149 Å². The van der Waals surface area contributed by atoms with Crippen molar-refractivity contribution in [2.45, 2.75) is 6.61 Å². The Morgan fingerprint density at radius 3 is 2.39 bits per heavy atom. The number of hydrogen-bond donors (Lipinski definition) is 1. The van der Waals surface area contributed by atoms with Crippen LogP contribution in [0.3, 0.4) is 0 Å². The molecule has 0 fully saturated rings. The molecule has 0 atom stereocenters. The first-order valence-corrected chi connectivity index (χ1v) is 7.37. The van der Waals surface area contributed by atoms with E-state index in [1.807, 2.05) is 0 Å². The molecule has 0 saturated carbocycles. The average molecular weight is 402 g/mol. The zero-order valence-corrected chi connectivity index (χ0v) is 13.9. The van der Waals surface area contributed by atoms with Crippen molar-refractivity contribution in [1.82, 2.24) is 4.98 Å². The molecule has 0 aliphatic carbocycles. The topological polar surface area (TPSA) is 51.2 Å². The van der Waals surface area contributed by atoms with Gasteiger partial charge < -0.3 is 10.1 Å². The van der Waals surface area contributed by atoms with Gasteiger partial charge in [-0.05, 0) is 12.1 Å². The zero-order chi connectivity index (χ0) is 17.1. The lowest BCUT2D eigenvalue weighted by Crippen LogP contribution is -2.16. The number of pyridine rings is 1. The van der Waals surface area contributed by atoms with Crippen LogP contribution in [0.1, 0.15) is 10.5 Å². The first-order chi connectivity index (χ1) is 10.8. The van der Waals surface area contributed by atoms with Crippen LogP contribution in [-0.4, -0.2) is 17.5 Å². The lowest BCUT2D eigenvalue weighted by molar-refractivity contribution is -0.0493. The number of benzene rings is 1. The number of aromatic nitrogens is 1. The van der Waals surface area contributed by atoms with E-state index in [-0.39, 0.29) is 37.4 Å². The summed E-state index contributed by atoms with van der Waals surface area (Å²) < 4.78 is 29.0. The smallest absolute Gasteiger partial charge is 0.387 e. The minimum Gasteiger partial charge on any atom is -0.433 e. The van der Waals surface area contributed by atoms with Crippen molar-refractivity contribution in [3.8, 4) is 5.75 Å². The Bertz CT molecular complexity index is 759. The van der Waals surface area contributed by atoms with Crippen LogP contribution in [0.5, 0.6) is 5.75 Å². The Morgan fingerprint density at radius 2 is 1.74 bits per heavy atom. The fourth-order valence-corrected chi connectivity index (χ4v) is 2.40. The molecule has 1 aromatic carbocycles. The van der Waals surface area contributed by atoms with Crippen molar-refractivity contribution in [3.63, 3.8) is 0 Å². The van der Waals surface area contributed by atoms with Crippen molar-refractivity contribution >= 4 is 58.0 Å². The number of carbonyl (C=O) groups is 1. The fraction of sp³-hybridized carbons (Fsp3) is 0.0769. The number of amides is 1. The molecule has 1 amide bonds. The van der Waals surface area contributed by atoms with E-state index in [2.05, 4.69) is 15.0 Å². The van der Waals surface area contributed by atoms with Crippen LogP contribution in [0.15, 0.2) is 24.3 Å². The van der Waals surface area contributed by atoms with Gasteiger partial charge in [0.15, 0.2) is 0 Å². The number of para-hydroxylation sites is 2. The Morgan fingerprint density at radius 1 is 1.09 bits per heavy atom. The molecule has 2 aromatic rings. The summed E-state index contributed by atoms with van der Waals surface area (Å²) in [5, 5.41) is 1.66. The number of anilines is 1. The molecule has 1 N–H and O–H groups in total. The number of nitrogens with one attached hydrogen (secondary N) is 1. The summed E-state index contributed by atoms with van der Waals surface area (Å²) >= 11 is 23.3. The monoisotopic (exact) mass is 400 g/mol. The van der Waals surface area contributed by atoms with Gasteiger partial charge in [0, 0.05) is 0 Å². The highest BCUT2D eigenvalue weighted by molar-refractivity contribution is 6.52. The Balaban J connectivity index is 2.34. The normalized spacial score (nSPS) is 10.7. The van der Waals surface area contributed by atoms with Crippen molar-refractivity contribution in [2.24, 2.45) is 0 Å². The second kappa shape index (κ2) is 7.49. The SMILES string of the molecule is O=C(Nc1ccccc1OC(F)F)c1nc(Cl)c(Cl)c(Cl)c1Cl. The number of ether oxygens (including phenoxy) is 1. The molecular formula is C13H6Cl4F2N2O2. The summed E-state index contributed by atoms with van der Waals surface area (Å²) in [6, 6.07) is 5.61. The van der Waals surface area contributed by atoms with Crippen molar-refractivity contribution in [3.05, 3.63) is 50.2 Å². The second-order valence-electron chi connectivity index (χ2n) is 4.02. The van der Waals surface area contributed by atoms with Gasteiger partial charge in [-0.3, -0.25) is 4.79 Å². The number of carbonyl (C=O) groups excluding carboxylic acids is 1. The van der Waals surface area contributed by atoms with Gasteiger partial charge in [0.1, 0.15) is 16.6 Å².